The Morgan fingerprint density at radius 1 is 1.25 bits per heavy atom. The van der Waals surface area contributed by atoms with Crippen LogP contribution in [0.25, 0.3) is 0 Å². The molecule has 0 aliphatic carbocycles. The van der Waals surface area contributed by atoms with Crippen LogP contribution in [-0.2, 0) is 16.1 Å². The van der Waals surface area contributed by atoms with Gasteiger partial charge < -0.3 is 19.7 Å². The Morgan fingerprint density at radius 2 is 2.00 bits per heavy atom. The maximum absolute atomic E-state index is 9.25. The predicted molar refractivity (Wildman–Crippen MR) is 57.6 cm³/mol. The Hall–Kier alpha value is -0.940. The third-order valence-corrected chi connectivity index (χ3v) is 2.58. The number of hydrogen-bond donors (Lipinski definition) is 2. The van der Waals surface area contributed by atoms with Crippen LogP contribution in [0.3, 0.4) is 0 Å². The number of aliphatic hydroxyl groups is 2. The second-order valence-corrected chi connectivity index (χ2v) is 3.95. The molecule has 3 atom stereocenters. The molecular weight excluding hydrogens is 208 g/mol. The molecule has 0 radical (unpaired) electrons. The summed E-state index contributed by atoms with van der Waals surface area (Å²) < 4.78 is 10.5. The summed E-state index contributed by atoms with van der Waals surface area (Å²) in [5.41, 5.74) is 1.10. The first-order chi connectivity index (χ1) is 7.75. The molecule has 4 heteroatoms. The van der Waals surface area contributed by atoms with Gasteiger partial charge in [0.05, 0.1) is 19.3 Å². The van der Waals surface area contributed by atoms with Crippen LogP contribution in [0.1, 0.15) is 12.0 Å². The summed E-state index contributed by atoms with van der Waals surface area (Å²) in [6.07, 6.45) is -1.64. The van der Waals surface area contributed by atoms with Crippen LogP contribution in [0.2, 0.25) is 0 Å². The zero-order valence-corrected chi connectivity index (χ0v) is 8.95. The van der Waals surface area contributed by atoms with Gasteiger partial charge in [0.15, 0.2) is 6.29 Å². The van der Waals surface area contributed by atoms with E-state index in [1.165, 1.54) is 0 Å². The lowest BCUT2D eigenvalue weighted by molar-refractivity contribution is -0.137. The molecule has 0 amide bonds. The third kappa shape index (κ3) is 3.02. The van der Waals surface area contributed by atoms with Crippen molar-refractivity contribution in [2.24, 2.45) is 0 Å². The first kappa shape index (κ1) is 11.5. The predicted octanol–water partition coefficient (Wildman–Crippen LogP) is 0.671. The molecular formula is C12H16O4. The Balaban J connectivity index is 1.69. The molecule has 1 aliphatic rings. The van der Waals surface area contributed by atoms with Gasteiger partial charge in [0, 0.05) is 6.42 Å². The summed E-state index contributed by atoms with van der Waals surface area (Å²) in [4.78, 5) is 0. The lowest BCUT2D eigenvalue weighted by atomic mass is 10.2. The summed E-state index contributed by atoms with van der Waals surface area (Å²) in [6.45, 7) is 0.913. The Kier molecular flexibility index (Phi) is 3.90. The molecule has 1 aromatic rings. The fourth-order valence-corrected chi connectivity index (χ4v) is 1.72. The highest BCUT2D eigenvalue weighted by Gasteiger charge is 2.32. The van der Waals surface area contributed by atoms with Gasteiger partial charge in [0.25, 0.3) is 0 Å². The first-order valence-electron chi connectivity index (χ1n) is 5.39. The zero-order chi connectivity index (χ0) is 11.4. The molecule has 1 heterocycles. The van der Waals surface area contributed by atoms with Crippen molar-refractivity contribution in [2.75, 3.05) is 6.61 Å². The van der Waals surface area contributed by atoms with E-state index in [1.807, 2.05) is 30.3 Å². The van der Waals surface area contributed by atoms with Crippen molar-refractivity contribution >= 4 is 0 Å². The van der Waals surface area contributed by atoms with Crippen LogP contribution >= 0.6 is 0 Å². The monoisotopic (exact) mass is 224 g/mol. The molecule has 88 valence electrons. The van der Waals surface area contributed by atoms with Crippen molar-refractivity contribution in [1.82, 2.24) is 0 Å². The van der Waals surface area contributed by atoms with Gasteiger partial charge in [-0.05, 0) is 5.56 Å². The van der Waals surface area contributed by atoms with Gasteiger partial charge in [-0.25, -0.2) is 0 Å². The summed E-state index contributed by atoms with van der Waals surface area (Å²) in [6, 6.07) is 9.84. The van der Waals surface area contributed by atoms with E-state index in [0.29, 0.717) is 19.6 Å². The quantitative estimate of drug-likeness (QED) is 0.789. The van der Waals surface area contributed by atoms with E-state index in [2.05, 4.69) is 0 Å². The molecule has 1 aromatic carbocycles. The minimum Gasteiger partial charge on any atom is -0.388 e. The van der Waals surface area contributed by atoms with Crippen molar-refractivity contribution in [1.29, 1.82) is 0 Å². The van der Waals surface area contributed by atoms with Crippen molar-refractivity contribution in [3.8, 4) is 0 Å². The molecule has 2 rings (SSSR count). The highest BCUT2D eigenvalue weighted by atomic mass is 16.6. The average molecular weight is 224 g/mol. The fourth-order valence-electron chi connectivity index (χ4n) is 1.72. The largest absolute Gasteiger partial charge is 0.388 e. The van der Waals surface area contributed by atoms with Gasteiger partial charge in [-0.1, -0.05) is 30.3 Å². The number of benzene rings is 1. The van der Waals surface area contributed by atoms with E-state index >= 15 is 0 Å². The molecule has 4 nitrogen and oxygen atoms in total. The zero-order valence-electron chi connectivity index (χ0n) is 8.95. The second-order valence-electron chi connectivity index (χ2n) is 3.95. The Labute approximate surface area is 94.4 Å². The highest BCUT2D eigenvalue weighted by Crippen LogP contribution is 2.18. The standard InChI is InChI=1S/C12H16O4/c13-11-6-10(16-12(11)14)8-15-7-9-4-2-1-3-5-9/h1-5,10-14H,6-8H2/t10-,11+,12-/m0/s1. The molecule has 0 saturated carbocycles. The van der Waals surface area contributed by atoms with E-state index in [9.17, 15) is 5.11 Å². The van der Waals surface area contributed by atoms with Crippen molar-refractivity contribution in [2.45, 2.75) is 31.5 Å². The van der Waals surface area contributed by atoms with Gasteiger partial charge in [0.1, 0.15) is 6.10 Å². The Morgan fingerprint density at radius 3 is 2.62 bits per heavy atom. The van der Waals surface area contributed by atoms with Crippen LogP contribution in [0.5, 0.6) is 0 Å². The van der Waals surface area contributed by atoms with E-state index in [0.717, 1.165) is 5.56 Å². The lowest BCUT2D eigenvalue weighted by Gasteiger charge is -2.10. The molecule has 2 N–H and O–H groups in total. The van der Waals surface area contributed by atoms with Crippen LogP contribution < -0.4 is 0 Å². The molecule has 0 bridgehead atoms. The maximum atomic E-state index is 9.25. The smallest absolute Gasteiger partial charge is 0.181 e. The van der Waals surface area contributed by atoms with Crippen LogP contribution in [0, 0.1) is 0 Å². The van der Waals surface area contributed by atoms with Crippen molar-refractivity contribution in [3.05, 3.63) is 35.9 Å². The molecule has 0 spiro atoms. The van der Waals surface area contributed by atoms with Crippen molar-refractivity contribution < 1.29 is 19.7 Å². The summed E-state index contributed by atoms with van der Waals surface area (Å²) in [7, 11) is 0. The number of aliphatic hydroxyl groups excluding tert-OH is 2. The minimum atomic E-state index is -1.06. The van der Waals surface area contributed by atoms with E-state index in [1.54, 1.807) is 0 Å². The molecule has 0 aromatic heterocycles. The van der Waals surface area contributed by atoms with E-state index in [4.69, 9.17) is 14.6 Å². The number of hydrogen-bond acceptors (Lipinski definition) is 4. The lowest BCUT2D eigenvalue weighted by Crippen LogP contribution is -2.19. The molecule has 1 aliphatic heterocycles. The van der Waals surface area contributed by atoms with Gasteiger partial charge in [-0.15, -0.1) is 0 Å². The maximum Gasteiger partial charge on any atom is 0.181 e. The second kappa shape index (κ2) is 5.41. The topological polar surface area (TPSA) is 58.9 Å². The van der Waals surface area contributed by atoms with Gasteiger partial charge >= 0.3 is 0 Å². The number of rotatable bonds is 4. The normalized spacial score (nSPS) is 29.5. The average Bonchev–Trinajstić information content (AvgIpc) is 2.60. The van der Waals surface area contributed by atoms with Crippen LogP contribution in [0.15, 0.2) is 30.3 Å². The first-order valence-corrected chi connectivity index (χ1v) is 5.39. The molecule has 16 heavy (non-hydrogen) atoms. The van der Waals surface area contributed by atoms with Crippen molar-refractivity contribution in [3.63, 3.8) is 0 Å². The summed E-state index contributed by atoms with van der Waals surface area (Å²) in [5.74, 6) is 0. The Bertz CT molecular complexity index is 304. The third-order valence-electron chi connectivity index (χ3n) is 2.58. The minimum absolute atomic E-state index is 0.214. The van der Waals surface area contributed by atoms with Gasteiger partial charge in [-0.2, -0.15) is 0 Å². The highest BCUT2D eigenvalue weighted by molar-refractivity contribution is 5.13. The fraction of sp³-hybridized carbons (Fsp3) is 0.500. The molecule has 1 fully saturated rings. The van der Waals surface area contributed by atoms with Gasteiger partial charge in [0.2, 0.25) is 0 Å². The SMILES string of the molecule is O[C@@H]1C[C@@H](COCc2ccccc2)O[C@@H]1O. The number of ether oxygens (including phenoxy) is 2. The summed E-state index contributed by atoms with van der Waals surface area (Å²) in [5, 5.41) is 18.4. The van der Waals surface area contributed by atoms with E-state index in [-0.39, 0.29) is 6.10 Å². The molecule has 0 unspecified atom stereocenters. The van der Waals surface area contributed by atoms with Crippen LogP contribution in [0.4, 0.5) is 0 Å². The molecule has 1 saturated heterocycles. The summed E-state index contributed by atoms with van der Waals surface area (Å²) >= 11 is 0. The van der Waals surface area contributed by atoms with Crippen LogP contribution in [-0.4, -0.2) is 35.3 Å². The van der Waals surface area contributed by atoms with E-state index < -0.39 is 12.4 Å². The van der Waals surface area contributed by atoms with Gasteiger partial charge in [-0.3, -0.25) is 0 Å².